The maximum atomic E-state index is 11.2. The minimum atomic E-state index is -0.688. The standard InChI is InChI=1S/C13H18N2O3/c1-9(16)7-10-3-5-11(6-4-10)18-8-12(14)13(17)15-2/h3-6,12H,7-8,14H2,1-2H3,(H,15,17). The third kappa shape index (κ3) is 4.55. The minimum Gasteiger partial charge on any atom is -0.491 e. The van der Waals surface area contributed by atoms with Gasteiger partial charge in [-0.2, -0.15) is 0 Å². The van der Waals surface area contributed by atoms with Gasteiger partial charge in [0, 0.05) is 13.5 Å². The summed E-state index contributed by atoms with van der Waals surface area (Å²) in [6, 6.07) is 6.47. The largest absolute Gasteiger partial charge is 0.491 e. The van der Waals surface area contributed by atoms with Crippen molar-refractivity contribution in [1.82, 2.24) is 5.32 Å². The van der Waals surface area contributed by atoms with E-state index in [1.54, 1.807) is 19.1 Å². The minimum absolute atomic E-state index is 0.116. The second kappa shape index (κ2) is 6.76. The first-order valence-corrected chi connectivity index (χ1v) is 5.71. The Morgan fingerprint density at radius 3 is 2.44 bits per heavy atom. The summed E-state index contributed by atoms with van der Waals surface area (Å²) in [5.74, 6) is 0.482. The molecule has 98 valence electrons. The molecule has 1 rings (SSSR count). The number of nitrogens with one attached hydrogen (secondary N) is 1. The SMILES string of the molecule is CNC(=O)C(N)COc1ccc(CC(C)=O)cc1. The third-order valence-electron chi connectivity index (χ3n) is 2.39. The quantitative estimate of drug-likeness (QED) is 0.759. The molecule has 0 aliphatic heterocycles. The first-order chi connectivity index (χ1) is 8.52. The first-order valence-electron chi connectivity index (χ1n) is 5.71. The average Bonchev–Trinajstić information content (AvgIpc) is 2.36. The number of Topliss-reactive ketones (excluding diaryl/α,β-unsaturated/α-hetero) is 1. The van der Waals surface area contributed by atoms with E-state index in [-0.39, 0.29) is 18.3 Å². The van der Waals surface area contributed by atoms with Gasteiger partial charge in [0.15, 0.2) is 0 Å². The molecule has 5 heteroatoms. The summed E-state index contributed by atoms with van der Waals surface area (Å²) in [4.78, 5) is 22.1. The molecule has 1 atom stereocenters. The van der Waals surface area contributed by atoms with Crippen LogP contribution in [-0.4, -0.2) is 31.4 Å². The number of ether oxygens (including phenoxy) is 1. The molecule has 0 aliphatic carbocycles. The molecule has 0 saturated heterocycles. The van der Waals surface area contributed by atoms with Crippen LogP contribution in [0.25, 0.3) is 0 Å². The lowest BCUT2D eigenvalue weighted by molar-refractivity contribution is -0.122. The van der Waals surface area contributed by atoms with Crippen LogP contribution in [0.4, 0.5) is 0 Å². The summed E-state index contributed by atoms with van der Waals surface area (Å²) in [6.45, 7) is 1.67. The Morgan fingerprint density at radius 2 is 1.94 bits per heavy atom. The van der Waals surface area contributed by atoms with Crippen LogP contribution in [0.15, 0.2) is 24.3 Å². The van der Waals surface area contributed by atoms with Gasteiger partial charge in [0.2, 0.25) is 5.91 Å². The van der Waals surface area contributed by atoms with Crippen LogP contribution in [0.1, 0.15) is 12.5 Å². The van der Waals surface area contributed by atoms with Crippen molar-refractivity contribution in [1.29, 1.82) is 0 Å². The molecule has 1 aromatic carbocycles. The van der Waals surface area contributed by atoms with Crippen molar-refractivity contribution in [3.05, 3.63) is 29.8 Å². The fraction of sp³-hybridized carbons (Fsp3) is 0.385. The second-order valence-electron chi connectivity index (χ2n) is 4.05. The molecule has 0 heterocycles. The van der Waals surface area contributed by atoms with E-state index in [1.165, 1.54) is 7.05 Å². The summed E-state index contributed by atoms with van der Waals surface area (Å²) in [7, 11) is 1.53. The van der Waals surface area contributed by atoms with E-state index in [0.29, 0.717) is 12.2 Å². The van der Waals surface area contributed by atoms with Gasteiger partial charge in [0.1, 0.15) is 24.2 Å². The average molecular weight is 250 g/mol. The van der Waals surface area contributed by atoms with Gasteiger partial charge in [-0.1, -0.05) is 12.1 Å². The Morgan fingerprint density at radius 1 is 1.33 bits per heavy atom. The molecule has 0 spiro atoms. The van der Waals surface area contributed by atoms with Crippen molar-refractivity contribution < 1.29 is 14.3 Å². The van der Waals surface area contributed by atoms with Crippen LogP contribution >= 0.6 is 0 Å². The Balaban J connectivity index is 2.48. The normalized spacial score (nSPS) is 11.7. The van der Waals surface area contributed by atoms with Gasteiger partial charge in [-0.15, -0.1) is 0 Å². The molecule has 0 saturated carbocycles. The molecular formula is C13H18N2O3. The van der Waals surface area contributed by atoms with E-state index in [9.17, 15) is 9.59 Å². The van der Waals surface area contributed by atoms with Gasteiger partial charge >= 0.3 is 0 Å². The Hall–Kier alpha value is -1.88. The molecule has 0 fully saturated rings. The van der Waals surface area contributed by atoms with Gasteiger partial charge in [0.05, 0.1) is 0 Å². The van der Waals surface area contributed by atoms with Crippen molar-refractivity contribution in [3.63, 3.8) is 0 Å². The third-order valence-corrected chi connectivity index (χ3v) is 2.39. The van der Waals surface area contributed by atoms with E-state index >= 15 is 0 Å². The molecule has 0 bridgehead atoms. The van der Waals surface area contributed by atoms with Gasteiger partial charge in [-0.3, -0.25) is 9.59 Å². The van der Waals surface area contributed by atoms with Crippen molar-refractivity contribution in [2.75, 3.05) is 13.7 Å². The molecule has 1 amide bonds. The maximum Gasteiger partial charge on any atom is 0.240 e. The molecule has 3 N–H and O–H groups in total. The van der Waals surface area contributed by atoms with E-state index in [2.05, 4.69) is 5.32 Å². The number of likely N-dealkylation sites (N-methyl/N-ethyl adjacent to an activating group) is 1. The van der Waals surface area contributed by atoms with Gasteiger partial charge in [0.25, 0.3) is 0 Å². The van der Waals surface area contributed by atoms with E-state index < -0.39 is 6.04 Å². The molecular weight excluding hydrogens is 232 g/mol. The molecule has 0 aliphatic rings. The zero-order valence-electron chi connectivity index (χ0n) is 10.6. The predicted molar refractivity (Wildman–Crippen MR) is 68.4 cm³/mol. The Kier molecular flexibility index (Phi) is 5.32. The maximum absolute atomic E-state index is 11.2. The summed E-state index contributed by atoms with van der Waals surface area (Å²) in [5, 5.41) is 2.45. The number of hydrogen-bond acceptors (Lipinski definition) is 4. The van der Waals surface area contributed by atoms with Crippen LogP contribution in [0.2, 0.25) is 0 Å². The second-order valence-corrected chi connectivity index (χ2v) is 4.05. The summed E-state index contributed by atoms with van der Waals surface area (Å²) in [5.41, 5.74) is 6.53. The van der Waals surface area contributed by atoms with Crippen molar-refractivity contribution in [2.45, 2.75) is 19.4 Å². The number of carbonyl (C=O) groups is 2. The summed E-state index contributed by atoms with van der Waals surface area (Å²) >= 11 is 0. The van der Waals surface area contributed by atoms with Crippen LogP contribution < -0.4 is 15.8 Å². The monoisotopic (exact) mass is 250 g/mol. The molecule has 0 radical (unpaired) electrons. The molecule has 1 unspecified atom stereocenters. The van der Waals surface area contributed by atoms with E-state index in [0.717, 1.165) is 5.56 Å². The number of nitrogens with two attached hydrogens (primary N) is 1. The Labute approximate surface area is 106 Å². The highest BCUT2D eigenvalue weighted by molar-refractivity contribution is 5.81. The lowest BCUT2D eigenvalue weighted by Crippen LogP contribution is -2.42. The number of hydrogen-bond donors (Lipinski definition) is 2. The topological polar surface area (TPSA) is 81.4 Å². The Bertz CT molecular complexity index is 415. The summed E-state index contributed by atoms with van der Waals surface area (Å²) in [6.07, 6.45) is 0.415. The lowest BCUT2D eigenvalue weighted by Gasteiger charge is -2.12. The van der Waals surface area contributed by atoms with Crippen LogP contribution in [0, 0.1) is 0 Å². The fourth-order valence-electron chi connectivity index (χ4n) is 1.44. The lowest BCUT2D eigenvalue weighted by atomic mass is 10.1. The zero-order valence-corrected chi connectivity index (χ0v) is 10.6. The summed E-state index contributed by atoms with van der Waals surface area (Å²) < 4.78 is 5.38. The van der Waals surface area contributed by atoms with Crippen LogP contribution in [0.5, 0.6) is 5.75 Å². The van der Waals surface area contributed by atoms with E-state index in [1.807, 2.05) is 12.1 Å². The van der Waals surface area contributed by atoms with Crippen LogP contribution in [-0.2, 0) is 16.0 Å². The molecule has 18 heavy (non-hydrogen) atoms. The highest BCUT2D eigenvalue weighted by Gasteiger charge is 2.11. The van der Waals surface area contributed by atoms with Crippen LogP contribution in [0.3, 0.4) is 0 Å². The van der Waals surface area contributed by atoms with Gasteiger partial charge in [-0.25, -0.2) is 0 Å². The number of benzene rings is 1. The van der Waals surface area contributed by atoms with Crippen molar-refractivity contribution >= 4 is 11.7 Å². The molecule has 0 aromatic heterocycles. The highest BCUT2D eigenvalue weighted by Crippen LogP contribution is 2.12. The molecule has 1 aromatic rings. The first kappa shape index (κ1) is 14.2. The fourth-order valence-corrected chi connectivity index (χ4v) is 1.44. The number of carbonyl (C=O) groups excluding carboxylic acids is 2. The number of amides is 1. The number of ketones is 1. The smallest absolute Gasteiger partial charge is 0.240 e. The van der Waals surface area contributed by atoms with Crippen molar-refractivity contribution in [2.24, 2.45) is 5.73 Å². The van der Waals surface area contributed by atoms with Gasteiger partial charge < -0.3 is 15.8 Å². The molecule has 5 nitrogen and oxygen atoms in total. The number of rotatable bonds is 6. The predicted octanol–water partition coefficient (Wildman–Crippen LogP) is 0.270. The highest BCUT2D eigenvalue weighted by atomic mass is 16.5. The zero-order chi connectivity index (χ0) is 13.5. The van der Waals surface area contributed by atoms with Crippen molar-refractivity contribution in [3.8, 4) is 5.75 Å². The van der Waals surface area contributed by atoms with Gasteiger partial charge in [-0.05, 0) is 24.6 Å². The van der Waals surface area contributed by atoms with E-state index in [4.69, 9.17) is 10.5 Å².